The lowest BCUT2D eigenvalue weighted by Crippen LogP contribution is -2.50. The van der Waals surface area contributed by atoms with Gasteiger partial charge in [-0.05, 0) is 41.5 Å². The molecule has 0 bridgehead atoms. The number of nitrogens with zero attached hydrogens (tertiary/aromatic N) is 1. The van der Waals surface area contributed by atoms with Gasteiger partial charge >= 0.3 is 6.09 Å². The van der Waals surface area contributed by atoms with E-state index in [1.165, 1.54) is 0 Å². The molecule has 0 radical (unpaired) electrons. The molecule has 1 fully saturated rings. The van der Waals surface area contributed by atoms with E-state index in [-0.39, 0.29) is 12.1 Å². The van der Waals surface area contributed by atoms with Crippen LogP contribution < -0.4 is 0 Å². The standard InChI is InChI=1S/C13H23NO3/c1-9(2)10-8-16-13(6,7)14(10)11(15)17-12(3,4)5/h10H,1,8H2,2-7H3/t10-/m0/s1. The Balaban J connectivity index is 2.90. The van der Waals surface area contributed by atoms with Crippen molar-refractivity contribution < 1.29 is 14.3 Å². The van der Waals surface area contributed by atoms with Gasteiger partial charge in [-0.1, -0.05) is 12.2 Å². The molecule has 0 aliphatic carbocycles. The van der Waals surface area contributed by atoms with Crippen LogP contribution in [0.3, 0.4) is 0 Å². The SMILES string of the molecule is C=C(C)[C@@H]1COC(C)(C)N1C(=O)OC(C)(C)C. The van der Waals surface area contributed by atoms with E-state index in [2.05, 4.69) is 6.58 Å². The summed E-state index contributed by atoms with van der Waals surface area (Å²) in [6.07, 6.45) is -0.354. The van der Waals surface area contributed by atoms with E-state index < -0.39 is 11.3 Å². The Morgan fingerprint density at radius 3 is 2.41 bits per heavy atom. The van der Waals surface area contributed by atoms with Gasteiger partial charge in [0.15, 0.2) is 0 Å². The predicted molar refractivity (Wildman–Crippen MR) is 66.7 cm³/mol. The van der Waals surface area contributed by atoms with Gasteiger partial charge in [0.1, 0.15) is 11.3 Å². The summed E-state index contributed by atoms with van der Waals surface area (Å²) in [4.78, 5) is 13.8. The number of carbonyl (C=O) groups is 1. The molecule has 1 aliphatic heterocycles. The van der Waals surface area contributed by atoms with Gasteiger partial charge in [0, 0.05) is 0 Å². The van der Waals surface area contributed by atoms with Crippen LogP contribution in [-0.2, 0) is 9.47 Å². The van der Waals surface area contributed by atoms with Crippen molar-refractivity contribution in [2.75, 3.05) is 6.61 Å². The molecule has 1 rings (SSSR count). The fraction of sp³-hybridized carbons (Fsp3) is 0.769. The molecule has 17 heavy (non-hydrogen) atoms. The fourth-order valence-corrected chi connectivity index (χ4v) is 1.82. The third-order valence-corrected chi connectivity index (χ3v) is 2.65. The number of ether oxygens (including phenoxy) is 2. The summed E-state index contributed by atoms with van der Waals surface area (Å²) in [5.74, 6) is 0. The van der Waals surface area contributed by atoms with Gasteiger partial charge in [0.05, 0.1) is 12.6 Å². The van der Waals surface area contributed by atoms with Crippen molar-refractivity contribution >= 4 is 6.09 Å². The van der Waals surface area contributed by atoms with Gasteiger partial charge in [-0.2, -0.15) is 0 Å². The van der Waals surface area contributed by atoms with Gasteiger partial charge in [-0.3, -0.25) is 4.90 Å². The quantitative estimate of drug-likeness (QED) is 0.662. The normalized spacial score (nSPS) is 23.6. The molecule has 4 nitrogen and oxygen atoms in total. The van der Waals surface area contributed by atoms with Gasteiger partial charge in [-0.15, -0.1) is 0 Å². The maximum atomic E-state index is 12.2. The van der Waals surface area contributed by atoms with E-state index in [0.29, 0.717) is 6.61 Å². The first kappa shape index (κ1) is 14.0. The lowest BCUT2D eigenvalue weighted by molar-refractivity contribution is -0.0613. The zero-order valence-electron chi connectivity index (χ0n) is 11.7. The average Bonchev–Trinajstić information content (AvgIpc) is 2.37. The third-order valence-electron chi connectivity index (χ3n) is 2.65. The number of amides is 1. The smallest absolute Gasteiger partial charge is 0.413 e. The van der Waals surface area contributed by atoms with Gasteiger partial charge in [-0.25, -0.2) is 4.79 Å². The first-order valence-electron chi connectivity index (χ1n) is 5.86. The molecule has 0 aromatic heterocycles. The molecular formula is C13H23NO3. The molecule has 0 spiro atoms. The second-order valence-electron chi connectivity index (χ2n) is 5.97. The van der Waals surface area contributed by atoms with Crippen molar-refractivity contribution in [3.63, 3.8) is 0 Å². The van der Waals surface area contributed by atoms with Crippen LogP contribution in [0.25, 0.3) is 0 Å². The van der Waals surface area contributed by atoms with Gasteiger partial charge < -0.3 is 9.47 Å². The van der Waals surface area contributed by atoms with Crippen LogP contribution in [0.5, 0.6) is 0 Å². The van der Waals surface area contributed by atoms with Crippen LogP contribution in [0.4, 0.5) is 4.79 Å². The monoisotopic (exact) mass is 241 g/mol. The predicted octanol–water partition coefficient (Wildman–Crippen LogP) is 2.93. The summed E-state index contributed by atoms with van der Waals surface area (Å²) < 4.78 is 11.0. The second-order valence-corrected chi connectivity index (χ2v) is 5.97. The van der Waals surface area contributed by atoms with Crippen molar-refractivity contribution in [1.29, 1.82) is 0 Å². The molecule has 1 atom stereocenters. The molecule has 98 valence electrons. The highest BCUT2D eigenvalue weighted by molar-refractivity contribution is 5.70. The topological polar surface area (TPSA) is 38.8 Å². The minimum atomic E-state index is -0.647. The van der Waals surface area contributed by atoms with Gasteiger partial charge in [0.25, 0.3) is 0 Å². The van der Waals surface area contributed by atoms with Crippen LogP contribution in [0, 0.1) is 0 Å². The maximum absolute atomic E-state index is 12.2. The second kappa shape index (κ2) is 4.33. The van der Waals surface area contributed by atoms with E-state index >= 15 is 0 Å². The highest BCUT2D eigenvalue weighted by Gasteiger charge is 2.45. The Kier molecular flexibility index (Phi) is 3.58. The molecule has 0 N–H and O–H groups in total. The summed E-state index contributed by atoms with van der Waals surface area (Å²) in [7, 11) is 0. The lowest BCUT2D eigenvalue weighted by atomic mass is 10.1. The van der Waals surface area contributed by atoms with Crippen molar-refractivity contribution in [2.24, 2.45) is 0 Å². The molecule has 0 aromatic carbocycles. The van der Waals surface area contributed by atoms with Crippen molar-refractivity contribution in [1.82, 2.24) is 4.90 Å². The Bertz CT molecular complexity index is 328. The molecule has 1 aliphatic rings. The van der Waals surface area contributed by atoms with Crippen LogP contribution in [0.1, 0.15) is 41.5 Å². The number of hydrogen-bond donors (Lipinski definition) is 0. The first-order chi connectivity index (χ1) is 7.54. The molecule has 1 heterocycles. The molecule has 0 saturated carbocycles. The van der Waals surface area contributed by atoms with Gasteiger partial charge in [0.2, 0.25) is 0 Å². The summed E-state index contributed by atoms with van der Waals surface area (Å²) in [5, 5.41) is 0. The lowest BCUT2D eigenvalue weighted by Gasteiger charge is -2.35. The average molecular weight is 241 g/mol. The van der Waals surface area contributed by atoms with Crippen molar-refractivity contribution in [3.8, 4) is 0 Å². The van der Waals surface area contributed by atoms with Crippen LogP contribution in [-0.4, -0.2) is 35.0 Å². The highest BCUT2D eigenvalue weighted by Crippen LogP contribution is 2.31. The van der Waals surface area contributed by atoms with E-state index in [0.717, 1.165) is 5.57 Å². The van der Waals surface area contributed by atoms with Crippen LogP contribution in [0.2, 0.25) is 0 Å². The Morgan fingerprint density at radius 1 is 1.47 bits per heavy atom. The molecular weight excluding hydrogens is 218 g/mol. The van der Waals surface area contributed by atoms with E-state index in [9.17, 15) is 4.79 Å². The third kappa shape index (κ3) is 3.22. The van der Waals surface area contributed by atoms with Crippen LogP contribution in [0.15, 0.2) is 12.2 Å². The molecule has 1 saturated heterocycles. The summed E-state index contributed by atoms with van der Waals surface area (Å²) in [5.41, 5.74) is -0.247. The Labute approximate surface area is 104 Å². The fourth-order valence-electron chi connectivity index (χ4n) is 1.82. The van der Waals surface area contributed by atoms with Crippen molar-refractivity contribution in [2.45, 2.75) is 58.9 Å². The zero-order valence-corrected chi connectivity index (χ0v) is 11.7. The molecule has 4 heteroatoms. The maximum Gasteiger partial charge on any atom is 0.413 e. The zero-order chi connectivity index (χ0) is 13.4. The first-order valence-corrected chi connectivity index (χ1v) is 5.86. The minimum Gasteiger partial charge on any atom is -0.444 e. The summed E-state index contributed by atoms with van der Waals surface area (Å²) in [6, 6.07) is -0.111. The molecule has 0 aromatic rings. The Hall–Kier alpha value is -1.03. The van der Waals surface area contributed by atoms with E-state index in [4.69, 9.17) is 9.47 Å². The van der Waals surface area contributed by atoms with E-state index in [1.54, 1.807) is 4.90 Å². The number of carbonyl (C=O) groups excluding carboxylic acids is 1. The van der Waals surface area contributed by atoms with Crippen molar-refractivity contribution in [3.05, 3.63) is 12.2 Å². The molecule has 1 amide bonds. The summed E-state index contributed by atoms with van der Waals surface area (Å²) in [6.45, 7) is 15.5. The largest absolute Gasteiger partial charge is 0.444 e. The molecule has 0 unspecified atom stereocenters. The highest BCUT2D eigenvalue weighted by atomic mass is 16.6. The summed E-state index contributed by atoms with van der Waals surface area (Å²) >= 11 is 0. The van der Waals surface area contributed by atoms with E-state index in [1.807, 2.05) is 41.5 Å². The number of rotatable bonds is 1. The van der Waals surface area contributed by atoms with Crippen LogP contribution >= 0.6 is 0 Å². The minimum absolute atomic E-state index is 0.111. The number of hydrogen-bond acceptors (Lipinski definition) is 3. The Morgan fingerprint density at radius 2 is 2.00 bits per heavy atom.